The molecule has 4 aromatic rings. The largest absolute Gasteiger partial charge is 0.454 e. The second kappa shape index (κ2) is 8.31. The van der Waals surface area contributed by atoms with Crippen molar-refractivity contribution in [2.75, 3.05) is 0 Å². The standard InChI is InChI=1S/C28H28O2/c1-5-18(2)21-10-12-22(13-11-21)28(29)30-20(4)23-14-15-26-25-9-7-6-8-24(25)16-19(3)27(26)17-23/h6-18,20H,5H2,1-4H3. The summed E-state index contributed by atoms with van der Waals surface area (Å²) in [7, 11) is 0. The average molecular weight is 397 g/mol. The van der Waals surface area contributed by atoms with Crippen LogP contribution < -0.4 is 0 Å². The maximum atomic E-state index is 12.7. The molecule has 0 aliphatic carbocycles. The molecule has 152 valence electrons. The molecule has 30 heavy (non-hydrogen) atoms. The lowest BCUT2D eigenvalue weighted by Gasteiger charge is -2.16. The molecule has 0 saturated carbocycles. The predicted octanol–water partition coefficient (Wildman–Crippen LogP) is 7.73. The maximum Gasteiger partial charge on any atom is 0.338 e. The zero-order valence-electron chi connectivity index (χ0n) is 18.1. The third-order valence-corrected chi connectivity index (χ3v) is 6.17. The molecule has 2 heteroatoms. The number of carbonyl (C=O) groups is 1. The minimum atomic E-state index is -0.318. The van der Waals surface area contributed by atoms with Gasteiger partial charge in [-0.15, -0.1) is 0 Å². The normalized spacial score (nSPS) is 13.3. The Bertz CT molecular complexity index is 1200. The Hall–Kier alpha value is -3.13. The number of hydrogen-bond acceptors (Lipinski definition) is 2. The topological polar surface area (TPSA) is 26.3 Å². The fourth-order valence-electron chi connectivity index (χ4n) is 4.04. The van der Waals surface area contributed by atoms with Crippen molar-refractivity contribution in [3.63, 3.8) is 0 Å². The molecule has 0 aromatic heterocycles. The SMILES string of the molecule is CCC(C)c1ccc(C(=O)OC(C)c2ccc3c(c2)c(C)cc2ccccc23)cc1. The van der Waals surface area contributed by atoms with E-state index in [1.54, 1.807) is 0 Å². The molecular weight excluding hydrogens is 368 g/mol. The summed E-state index contributed by atoms with van der Waals surface area (Å²) in [6.45, 7) is 8.43. The van der Waals surface area contributed by atoms with Gasteiger partial charge in [0.15, 0.2) is 0 Å². The summed E-state index contributed by atoms with van der Waals surface area (Å²) in [5.74, 6) is 0.208. The van der Waals surface area contributed by atoms with Crippen molar-refractivity contribution in [2.45, 2.75) is 46.1 Å². The maximum absolute atomic E-state index is 12.7. The molecular formula is C28H28O2. The average Bonchev–Trinajstić information content (AvgIpc) is 2.78. The number of fused-ring (bicyclic) bond motifs is 3. The van der Waals surface area contributed by atoms with Gasteiger partial charge in [-0.25, -0.2) is 4.79 Å². The van der Waals surface area contributed by atoms with E-state index in [9.17, 15) is 4.79 Å². The summed E-state index contributed by atoms with van der Waals surface area (Å²) < 4.78 is 5.79. The van der Waals surface area contributed by atoms with Gasteiger partial charge in [0.05, 0.1) is 5.56 Å². The molecule has 0 radical (unpaired) electrons. The Morgan fingerprint density at radius 1 is 0.833 bits per heavy atom. The smallest absolute Gasteiger partial charge is 0.338 e. The van der Waals surface area contributed by atoms with Crippen molar-refractivity contribution in [2.24, 2.45) is 0 Å². The molecule has 0 N–H and O–H groups in total. The van der Waals surface area contributed by atoms with E-state index in [4.69, 9.17) is 4.74 Å². The van der Waals surface area contributed by atoms with E-state index in [-0.39, 0.29) is 12.1 Å². The Morgan fingerprint density at radius 3 is 2.27 bits per heavy atom. The fraction of sp³-hybridized carbons (Fsp3) is 0.250. The van der Waals surface area contributed by atoms with Crippen LogP contribution in [0.4, 0.5) is 0 Å². The molecule has 0 bridgehead atoms. The van der Waals surface area contributed by atoms with Crippen molar-refractivity contribution in [1.82, 2.24) is 0 Å². The second-order valence-corrected chi connectivity index (χ2v) is 8.20. The number of ether oxygens (including phenoxy) is 1. The van der Waals surface area contributed by atoms with Crippen molar-refractivity contribution in [3.8, 4) is 0 Å². The van der Waals surface area contributed by atoms with Crippen molar-refractivity contribution >= 4 is 27.5 Å². The first-order chi connectivity index (χ1) is 14.5. The molecule has 2 atom stereocenters. The zero-order valence-corrected chi connectivity index (χ0v) is 18.1. The van der Waals surface area contributed by atoms with Gasteiger partial charge in [0.2, 0.25) is 0 Å². The predicted molar refractivity (Wildman–Crippen MR) is 125 cm³/mol. The summed E-state index contributed by atoms with van der Waals surface area (Å²) in [5, 5.41) is 4.92. The van der Waals surface area contributed by atoms with E-state index >= 15 is 0 Å². The minimum absolute atomic E-state index is 0.284. The Morgan fingerprint density at radius 2 is 1.53 bits per heavy atom. The fourth-order valence-corrected chi connectivity index (χ4v) is 4.04. The molecule has 2 unspecified atom stereocenters. The number of benzene rings is 4. The molecule has 0 spiro atoms. The summed E-state index contributed by atoms with van der Waals surface area (Å²) in [4.78, 5) is 12.7. The lowest BCUT2D eigenvalue weighted by Crippen LogP contribution is -2.09. The lowest BCUT2D eigenvalue weighted by molar-refractivity contribution is 0.0338. The first kappa shape index (κ1) is 20.2. The van der Waals surface area contributed by atoms with Crippen LogP contribution in [0.5, 0.6) is 0 Å². The zero-order chi connectivity index (χ0) is 21.3. The highest BCUT2D eigenvalue weighted by molar-refractivity contribution is 6.09. The van der Waals surface area contributed by atoms with Gasteiger partial charge in [-0.2, -0.15) is 0 Å². The lowest BCUT2D eigenvalue weighted by atomic mass is 9.95. The Balaban J connectivity index is 1.58. The number of aryl methyl sites for hydroxylation is 1. The van der Waals surface area contributed by atoms with Gasteiger partial charge in [0, 0.05) is 0 Å². The highest BCUT2D eigenvalue weighted by Gasteiger charge is 2.15. The molecule has 0 saturated heterocycles. The molecule has 4 aromatic carbocycles. The van der Waals surface area contributed by atoms with Gasteiger partial charge >= 0.3 is 5.97 Å². The Kier molecular flexibility index (Phi) is 5.59. The molecule has 0 heterocycles. The van der Waals surface area contributed by atoms with Crippen molar-refractivity contribution in [3.05, 3.63) is 95.1 Å². The van der Waals surface area contributed by atoms with Gasteiger partial charge in [-0.05, 0) is 82.6 Å². The van der Waals surface area contributed by atoms with Crippen LogP contribution in [0.1, 0.15) is 66.3 Å². The van der Waals surface area contributed by atoms with Gasteiger partial charge in [0.1, 0.15) is 6.10 Å². The third kappa shape index (κ3) is 3.82. The molecule has 0 aliphatic heterocycles. The quantitative estimate of drug-likeness (QED) is 0.255. The van der Waals surface area contributed by atoms with Crippen LogP contribution in [0.2, 0.25) is 0 Å². The van der Waals surface area contributed by atoms with Crippen molar-refractivity contribution < 1.29 is 9.53 Å². The van der Waals surface area contributed by atoms with E-state index in [0.29, 0.717) is 11.5 Å². The second-order valence-electron chi connectivity index (χ2n) is 8.20. The van der Waals surface area contributed by atoms with Crippen LogP contribution >= 0.6 is 0 Å². The highest BCUT2D eigenvalue weighted by Crippen LogP contribution is 2.31. The van der Waals surface area contributed by atoms with E-state index < -0.39 is 0 Å². The third-order valence-electron chi connectivity index (χ3n) is 6.17. The molecule has 0 amide bonds. The van der Waals surface area contributed by atoms with Crippen LogP contribution in [-0.4, -0.2) is 5.97 Å². The molecule has 2 nitrogen and oxygen atoms in total. The van der Waals surface area contributed by atoms with E-state index in [2.05, 4.69) is 69.3 Å². The van der Waals surface area contributed by atoms with Crippen LogP contribution in [0.25, 0.3) is 21.5 Å². The number of esters is 1. The van der Waals surface area contributed by atoms with Crippen molar-refractivity contribution in [1.29, 1.82) is 0 Å². The first-order valence-electron chi connectivity index (χ1n) is 10.7. The number of hydrogen-bond donors (Lipinski definition) is 0. The van der Waals surface area contributed by atoms with Crippen LogP contribution in [0.15, 0.2) is 72.8 Å². The summed E-state index contributed by atoms with van der Waals surface area (Å²) >= 11 is 0. The van der Waals surface area contributed by atoms with Crippen LogP contribution in [0.3, 0.4) is 0 Å². The first-order valence-corrected chi connectivity index (χ1v) is 10.7. The number of rotatable bonds is 5. The monoisotopic (exact) mass is 396 g/mol. The summed E-state index contributed by atoms with van der Waals surface area (Å²) in [5.41, 5.74) is 4.08. The van der Waals surface area contributed by atoms with E-state index in [1.165, 1.54) is 32.7 Å². The highest BCUT2D eigenvalue weighted by atomic mass is 16.5. The van der Waals surface area contributed by atoms with E-state index in [0.717, 1.165) is 12.0 Å². The van der Waals surface area contributed by atoms with Crippen LogP contribution in [0, 0.1) is 6.92 Å². The summed E-state index contributed by atoms with van der Waals surface area (Å²) in [6.07, 6.45) is 0.763. The van der Waals surface area contributed by atoms with Gasteiger partial charge < -0.3 is 4.74 Å². The van der Waals surface area contributed by atoms with E-state index in [1.807, 2.05) is 31.2 Å². The van der Waals surface area contributed by atoms with Gasteiger partial charge in [-0.3, -0.25) is 0 Å². The van der Waals surface area contributed by atoms with Crippen LogP contribution in [-0.2, 0) is 4.74 Å². The molecule has 4 rings (SSSR count). The van der Waals surface area contributed by atoms with Gasteiger partial charge in [-0.1, -0.05) is 68.4 Å². The van der Waals surface area contributed by atoms with Gasteiger partial charge in [0.25, 0.3) is 0 Å². The Labute approximate surface area is 178 Å². The minimum Gasteiger partial charge on any atom is -0.454 e. The summed E-state index contributed by atoms with van der Waals surface area (Å²) in [6, 6.07) is 24.8. The molecule has 0 aliphatic rings. The number of carbonyl (C=O) groups excluding carboxylic acids is 1. The molecule has 0 fully saturated rings.